The summed E-state index contributed by atoms with van der Waals surface area (Å²) in [6.45, 7) is -0.205. The highest BCUT2D eigenvalue weighted by molar-refractivity contribution is 8.00. The fourth-order valence-electron chi connectivity index (χ4n) is 5.12. The summed E-state index contributed by atoms with van der Waals surface area (Å²) in [5.74, 6) is -1.56. The molecule has 0 radical (unpaired) electrons. The van der Waals surface area contributed by atoms with Crippen LogP contribution in [0.2, 0.25) is 0 Å². The van der Waals surface area contributed by atoms with Crippen molar-refractivity contribution in [3.63, 3.8) is 0 Å². The summed E-state index contributed by atoms with van der Waals surface area (Å²) >= 11 is 2.22. The van der Waals surface area contributed by atoms with E-state index in [4.69, 9.17) is 4.74 Å². The van der Waals surface area contributed by atoms with Crippen LogP contribution >= 0.6 is 23.1 Å². The number of para-hydroxylation sites is 2. The second-order valence-corrected chi connectivity index (χ2v) is 11.3. The van der Waals surface area contributed by atoms with Gasteiger partial charge in [0.1, 0.15) is 17.5 Å². The van der Waals surface area contributed by atoms with E-state index in [1.807, 2.05) is 36.4 Å². The first-order chi connectivity index (χ1) is 19.0. The van der Waals surface area contributed by atoms with E-state index in [-0.39, 0.29) is 29.1 Å². The SMILES string of the molecule is COc1ccc([C@H]2c3sc(=O)n(CC(=O)Nc4ccccc4)c3SC3C(=O)N(c4ccccc4)C(=O)C32)cc1. The number of benzene rings is 3. The Morgan fingerprint density at radius 2 is 1.56 bits per heavy atom. The van der Waals surface area contributed by atoms with Crippen LogP contribution in [0.5, 0.6) is 5.75 Å². The predicted octanol–water partition coefficient (Wildman–Crippen LogP) is 4.35. The van der Waals surface area contributed by atoms with Gasteiger partial charge in [-0.1, -0.05) is 71.6 Å². The molecule has 1 saturated heterocycles. The Hall–Kier alpha value is -4.15. The number of nitrogens with zero attached hydrogens (tertiary/aromatic N) is 2. The number of anilines is 2. The lowest BCUT2D eigenvalue weighted by atomic mass is 9.83. The number of hydrogen-bond donors (Lipinski definition) is 1. The summed E-state index contributed by atoms with van der Waals surface area (Å²) in [4.78, 5) is 55.3. The number of hydrogen-bond acceptors (Lipinski definition) is 7. The van der Waals surface area contributed by atoms with E-state index in [0.29, 0.717) is 27.0 Å². The zero-order valence-corrected chi connectivity index (χ0v) is 22.4. The summed E-state index contributed by atoms with van der Waals surface area (Å²) in [5.41, 5.74) is 1.93. The number of ether oxygens (including phenoxy) is 1. The summed E-state index contributed by atoms with van der Waals surface area (Å²) in [6.07, 6.45) is 0. The van der Waals surface area contributed by atoms with Gasteiger partial charge in [-0.15, -0.1) is 0 Å². The third-order valence-electron chi connectivity index (χ3n) is 6.90. The molecule has 1 fully saturated rings. The zero-order valence-electron chi connectivity index (χ0n) is 20.8. The number of methoxy groups -OCH3 is 1. The first kappa shape index (κ1) is 25.1. The lowest BCUT2D eigenvalue weighted by Gasteiger charge is -2.30. The number of thiazole rings is 1. The van der Waals surface area contributed by atoms with Crippen molar-refractivity contribution in [2.24, 2.45) is 5.92 Å². The molecule has 2 aliphatic heterocycles. The van der Waals surface area contributed by atoms with Crippen molar-refractivity contribution < 1.29 is 19.1 Å². The molecule has 2 aliphatic rings. The molecule has 2 unspecified atom stereocenters. The first-order valence-corrected chi connectivity index (χ1v) is 14.0. The third-order valence-corrected chi connectivity index (χ3v) is 9.50. The fourth-order valence-corrected chi connectivity index (χ4v) is 7.90. The molecule has 6 rings (SSSR count). The minimum absolute atomic E-state index is 0.205. The summed E-state index contributed by atoms with van der Waals surface area (Å²) < 4.78 is 6.73. The smallest absolute Gasteiger partial charge is 0.308 e. The minimum Gasteiger partial charge on any atom is -0.497 e. The molecular formula is C29H23N3O5S2. The third kappa shape index (κ3) is 4.45. The standard InChI is InChI=1S/C29H23N3O5S2/c1-37-20-14-12-17(13-15-20)22-23-24(27(35)32(26(23)34)19-10-6-3-7-11-19)38-28-25(22)39-29(36)31(28)16-21(33)30-18-8-4-2-5-9-18/h2-15,22-24H,16H2,1H3,(H,30,33)/t22-,23?,24?/m1/s1. The Balaban J connectivity index is 1.42. The van der Waals surface area contributed by atoms with Crippen LogP contribution in [-0.2, 0) is 20.9 Å². The van der Waals surface area contributed by atoms with Crippen molar-refractivity contribution in [1.29, 1.82) is 0 Å². The fraction of sp³-hybridized carbons (Fsp3) is 0.172. The average Bonchev–Trinajstić information content (AvgIpc) is 3.40. The topological polar surface area (TPSA) is 97.7 Å². The van der Waals surface area contributed by atoms with Gasteiger partial charge in [0.05, 0.1) is 23.7 Å². The van der Waals surface area contributed by atoms with E-state index in [2.05, 4.69) is 5.32 Å². The molecule has 8 nitrogen and oxygen atoms in total. The van der Waals surface area contributed by atoms with Gasteiger partial charge in [-0.3, -0.25) is 23.7 Å². The molecule has 3 aromatic carbocycles. The van der Waals surface area contributed by atoms with E-state index >= 15 is 0 Å². The highest BCUT2D eigenvalue weighted by atomic mass is 32.2. The number of amides is 3. The highest BCUT2D eigenvalue weighted by Gasteiger charge is 2.56. The monoisotopic (exact) mass is 557 g/mol. The first-order valence-electron chi connectivity index (χ1n) is 12.3. The van der Waals surface area contributed by atoms with Gasteiger partial charge in [-0.25, -0.2) is 4.90 Å². The van der Waals surface area contributed by atoms with E-state index in [9.17, 15) is 19.2 Å². The highest BCUT2D eigenvalue weighted by Crippen LogP contribution is 2.53. The van der Waals surface area contributed by atoms with E-state index in [1.54, 1.807) is 55.6 Å². The van der Waals surface area contributed by atoms with Crippen molar-refractivity contribution in [3.8, 4) is 5.75 Å². The van der Waals surface area contributed by atoms with E-state index in [1.165, 1.54) is 21.2 Å². The molecule has 3 atom stereocenters. The predicted molar refractivity (Wildman–Crippen MR) is 151 cm³/mol. The molecule has 0 aliphatic carbocycles. The Labute approximate surface area is 232 Å². The number of carbonyl (C=O) groups is 3. The maximum Gasteiger partial charge on any atom is 0.308 e. The Morgan fingerprint density at radius 3 is 2.23 bits per heavy atom. The van der Waals surface area contributed by atoms with Crippen LogP contribution < -0.4 is 19.8 Å². The van der Waals surface area contributed by atoms with E-state index < -0.39 is 17.1 Å². The Bertz CT molecular complexity index is 1620. The van der Waals surface area contributed by atoms with Crippen LogP contribution in [0.25, 0.3) is 0 Å². The molecule has 196 valence electrons. The second kappa shape index (κ2) is 10.2. The molecule has 10 heteroatoms. The molecule has 3 amide bonds. The van der Waals surface area contributed by atoms with Gasteiger partial charge in [0.2, 0.25) is 17.7 Å². The lowest BCUT2D eigenvalue weighted by molar-refractivity contribution is -0.122. The number of rotatable bonds is 6. The maximum atomic E-state index is 13.9. The van der Waals surface area contributed by atoms with Gasteiger partial charge in [0, 0.05) is 16.5 Å². The number of imide groups is 1. The maximum absolute atomic E-state index is 13.9. The van der Waals surface area contributed by atoms with Gasteiger partial charge in [-0.2, -0.15) is 0 Å². The van der Waals surface area contributed by atoms with Crippen LogP contribution in [0, 0.1) is 5.92 Å². The molecule has 0 saturated carbocycles. The van der Waals surface area contributed by atoms with Gasteiger partial charge in [0.15, 0.2) is 0 Å². The van der Waals surface area contributed by atoms with Gasteiger partial charge in [0.25, 0.3) is 0 Å². The largest absolute Gasteiger partial charge is 0.497 e. The molecule has 39 heavy (non-hydrogen) atoms. The Kier molecular flexibility index (Phi) is 6.58. The Morgan fingerprint density at radius 1 is 0.897 bits per heavy atom. The van der Waals surface area contributed by atoms with Crippen molar-refractivity contribution in [3.05, 3.63) is 105 Å². The van der Waals surface area contributed by atoms with Crippen molar-refractivity contribution in [2.75, 3.05) is 17.3 Å². The molecule has 0 bridgehead atoms. The summed E-state index contributed by atoms with van der Waals surface area (Å²) in [7, 11) is 1.57. The number of nitrogens with one attached hydrogen (secondary N) is 1. The molecular weight excluding hydrogens is 534 g/mol. The molecule has 3 heterocycles. The molecule has 0 spiro atoms. The summed E-state index contributed by atoms with van der Waals surface area (Å²) in [6, 6.07) is 25.2. The van der Waals surface area contributed by atoms with Crippen LogP contribution in [0.15, 0.2) is 94.7 Å². The average molecular weight is 558 g/mol. The lowest BCUT2D eigenvalue weighted by Crippen LogP contribution is -2.33. The molecule has 4 aromatic rings. The van der Waals surface area contributed by atoms with E-state index in [0.717, 1.165) is 16.9 Å². The van der Waals surface area contributed by atoms with Crippen molar-refractivity contribution in [2.45, 2.75) is 22.7 Å². The van der Waals surface area contributed by atoms with Crippen LogP contribution in [-0.4, -0.2) is 34.6 Å². The number of fused-ring (bicyclic) bond motifs is 2. The second-order valence-electron chi connectivity index (χ2n) is 9.20. The van der Waals surface area contributed by atoms with Crippen LogP contribution in [0.3, 0.4) is 0 Å². The van der Waals surface area contributed by atoms with Gasteiger partial charge in [-0.05, 0) is 42.0 Å². The minimum atomic E-state index is -0.741. The van der Waals surface area contributed by atoms with Gasteiger partial charge < -0.3 is 10.1 Å². The quantitative estimate of drug-likeness (QED) is 0.354. The molecule has 1 aromatic heterocycles. The number of aromatic nitrogens is 1. The van der Waals surface area contributed by atoms with Crippen molar-refractivity contribution >= 4 is 52.2 Å². The normalized spacial score (nSPS) is 19.9. The number of carbonyl (C=O) groups excluding carboxylic acids is 3. The molecule has 1 N–H and O–H groups in total. The zero-order chi connectivity index (χ0) is 27.1. The van der Waals surface area contributed by atoms with Crippen LogP contribution in [0.1, 0.15) is 16.4 Å². The van der Waals surface area contributed by atoms with Crippen LogP contribution in [0.4, 0.5) is 11.4 Å². The summed E-state index contributed by atoms with van der Waals surface area (Å²) in [5, 5.41) is 2.62. The van der Waals surface area contributed by atoms with Crippen molar-refractivity contribution in [1.82, 2.24) is 4.57 Å². The number of thioether (sulfide) groups is 1. The van der Waals surface area contributed by atoms with Gasteiger partial charge >= 0.3 is 4.87 Å².